The molecule has 0 aliphatic rings. The van der Waals surface area contributed by atoms with E-state index in [9.17, 15) is 79.4 Å². The van der Waals surface area contributed by atoms with E-state index in [1.165, 1.54) is 0 Å². The second-order valence-electron chi connectivity index (χ2n) is 6.27. The number of alkyl halides is 17. The lowest BCUT2D eigenvalue weighted by Gasteiger charge is -2.41. The predicted octanol–water partition coefficient (Wildman–Crippen LogP) is 6.60. The van der Waals surface area contributed by atoms with Crippen molar-refractivity contribution in [2.75, 3.05) is 13.2 Å². The first-order valence-corrected chi connectivity index (χ1v) is 8.01. The maximum Gasteiger partial charge on any atom is 0.449 e. The molecule has 35 heavy (non-hydrogen) atoms. The van der Waals surface area contributed by atoms with E-state index in [0.29, 0.717) is 0 Å². The quantitative estimate of drug-likeness (QED) is 0.116. The zero-order chi connectivity index (χ0) is 28.6. The van der Waals surface area contributed by atoms with Crippen LogP contribution in [0.4, 0.5) is 74.6 Å². The zero-order valence-electron chi connectivity index (χ0n) is 16.3. The van der Waals surface area contributed by atoms with Crippen LogP contribution in [0.1, 0.15) is 6.92 Å². The minimum Gasteiger partial charge on any atom is -0.485 e. The molecule has 0 heterocycles. The molecule has 0 rings (SSSR count). The van der Waals surface area contributed by atoms with Crippen molar-refractivity contribution in [3.63, 3.8) is 0 Å². The zero-order valence-corrected chi connectivity index (χ0v) is 16.3. The van der Waals surface area contributed by atoms with Gasteiger partial charge in [0.2, 0.25) is 5.76 Å². The Hall–Kier alpha value is -2.44. The van der Waals surface area contributed by atoms with Crippen LogP contribution in [0.25, 0.3) is 0 Å². The van der Waals surface area contributed by atoms with E-state index in [-0.39, 0.29) is 0 Å². The molecule has 0 aliphatic heterocycles. The van der Waals surface area contributed by atoms with Gasteiger partial charge in [-0.2, -0.15) is 65.9 Å². The first-order valence-electron chi connectivity index (χ1n) is 8.01. The average molecular weight is 560 g/mol. The molecule has 0 bridgehead atoms. The van der Waals surface area contributed by atoms with Gasteiger partial charge in [0.05, 0.1) is 5.57 Å². The third kappa shape index (κ3) is 6.22. The van der Waals surface area contributed by atoms with Crippen LogP contribution < -0.4 is 0 Å². The van der Waals surface area contributed by atoms with Gasteiger partial charge in [-0.1, -0.05) is 6.58 Å². The number of rotatable bonds is 7. The number of carbonyl (C=O) groups is 1. The Morgan fingerprint density at radius 2 is 0.886 bits per heavy atom. The van der Waals surface area contributed by atoms with Crippen LogP contribution in [0.3, 0.4) is 0 Å². The molecule has 0 saturated carbocycles. The minimum absolute atomic E-state index is 0.536. The summed E-state index contributed by atoms with van der Waals surface area (Å²) in [5.74, 6) is -6.14. The Kier molecular flexibility index (Phi) is 8.88. The second-order valence-corrected chi connectivity index (χ2v) is 6.27. The van der Waals surface area contributed by atoms with Gasteiger partial charge in [-0.25, -0.2) is 13.6 Å². The third-order valence-electron chi connectivity index (χ3n) is 3.65. The Bertz CT molecular complexity index is 754. The molecule has 0 aliphatic carbocycles. The maximum atomic E-state index is 14.3. The molecule has 0 aromatic heterocycles. The van der Waals surface area contributed by atoms with Crippen LogP contribution >= 0.6 is 0 Å². The molecule has 0 amide bonds. The summed E-state index contributed by atoms with van der Waals surface area (Å²) in [6.07, 6.45) is -39.6. The molecule has 20 heteroatoms. The fraction of sp³-hybridized carbons (Fsp3) is 0.667. The number of halogens is 17. The van der Waals surface area contributed by atoms with Crippen LogP contribution in [0, 0.1) is 0 Å². The smallest absolute Gasteiger partial charge is 0.449 e. The average Bonchev–Trinajstić information content (AvgIpc) is 2.57. The summed E-state index contributed by atoms with van der Waals surface area (Å²) >= 11 is 0. The maximum absolute atomic E-state index is 14.3. The van der Waals surface area contributed by atoms with Crippen molar-refractivity contribution in [1.29, 1.82) is 0 Å². The fourth-order valence-corrected chi connectivity index (χ4v) is 2.14. The highest BCUT2D eigenvalue weighted by Crippen LogP contribution is 2.62. The van der Waals surface area contributed by atoms with E-state index in [2.05, 4.69) is 16.1 Å². The van der Waals surface area contributed by atoms with Crippen molar-refractivity contribution in [2.45, 2.75) is 49.1 Å². The van der Waals surface area contributed by atoms with Gasteiger partial charge in [0, 0.05) is 5.57 Å². The summed E-state index contributed by atoms with van der Waals surface area (Å²) in [4.78, 5) is 11.0. The van der Waals surface area contributed by atoms with Crippen LogP contribution in [0.5, 0.6) is 0 Å². The van der Waals surface area contributed by atoms with E-state index in [1.54, 1.807) is 0 Å². The lowest BCUT2D eigenvalue weighted by Crippen LogP contribution is -2.66. The summed E-state index contributed by atoms with van der Waals surface area (Å²) in [7, 11) is 0. The summed E-state index contributed by atoms with van der Waals surface area (Å²) in [6, 6.07) is 0. The monoisotopic (exact) mass is 560 g/mol. The van der Waals surface area contributed by atoms with E-state index in [4.69, 9.17) is 0 Å². The molecule has 0 fully saturated rings. The number of hydrogen-bond donors (Lipinski definition) is 0. The lowest BCUT2D eigenvalue weighted by atomic mass is 9.79. The first-order chi connectivity index (χ1) is 15.1. The summed E-state index contributed by atoms with van der Waals surface area (Å²) in [6.45, 7) is -0.0960. The third-order valence-corrected chi connectivity index (χ3v) is 3.65. The van der Waals surface area contributed by atoms with Crippen molar-refractivity contribution in [1.82, 2.24) is 0 Å². The van der Waals surface area contributed by atoms with Gasteiger partial charge in [-0.05, 0) is 6.92 Å². The van der Waals surface area contributed by atoms with Crippen molar-refractivity contribution >= 4 is 5.97 Å². The van der Waals surface area contributed by atoms with Crippen molar-refractivity contribution in [2.24, 2.45) is 0 Å². The van der Waals surface area contributed by atoms with Gasteiger partial charge in [-0.3, -0.25) is 0 Å². The summed E-state index contributed by atoms with van der Waals surface area (Å²) in [5, 5.41) is 0. The Balaban J connectivity index is 7.66. The Morgan fingerprint density at radius 1 is 0.600 bits per heavy atom. The van der Waals surface area contributed by atoms with Gasteiger partial charge in [-0.15, -0.1) is 0 Å². The highest BCUT2D eigenvalue weighted by Gasteiger charge is 2.87. The topological polar surface area (TPSA) is 35.5 Å². The normalized spacial score (nSPS) is 14.5. The molecule has 0 spiro atoms. The molecular weight excluding hydrogens is 551 g/mol. The number of esters is 1. The molecule has 0 aromatic carbocycles. The molecule has 0 saturated heterocycles. The second kappa shape index (κ2) is 9.55. The largest absolute Gasteiger partial charge is 0.485 e. The fourth-order valence-electron chi connectivity index (χ4n) is 2.14. The highest BCUT2D eigenvalue weighted by molar-refractivity contribution is 5.86. The molecule has 0 aromatic rings. The van der Waals surface area contributed by atoms with Crippen molar-refractivity contribution in [3.05, 3.63) is 23.5 Å². The molecule has 0 radical (unpaired) electrons. The molecule has 3 nitrogen and oxygen atoms in total. The van der Waals surface area contributed by atoms with E-state index in [0.717, 1.165) is 6.92 Å². The Morgan fingerprint density at radius 3 is 1.11 bits per heavy atom. The summed E-state index contributed by atoms with van der Waals surface area (Å²) in [5.41, 5.74) is -22.6. The van der Waals surface area contributed by atoms with Gasteiger partial charge in [0.15, 0.2) is 0 Å². The lowest BCUT2D eigenvalue weighted by molar-refractivity contribution is -0.366. The van der Waals surface area contributed by atoms with Crippen LogP contribution in [0.15, 0.2) is 23.5 Å². The number of hydrogen-bond acceptors (Lipinski definition) is 3. The van der Waals surface area contributed by atoms with Crippen LogP contribution in [-0.4, -0.2) is 61.4 Å². The molecular formula is C15H9F17O3. The van der Waals surface area contributed by atoms with Gasteiger partial charge in [0.25, 0.3) is 0 Å². The molecule has 0 unspecified atom stereocenters. The highest BCUT2D eigenvalue weighted by atomic mass is 19.4. The standard InChI is InChI=1S/C15H9F17O3/c1-5(2)8(33)35-4-3-34-7(11(18,19)20)6(9(16,12(21,22)23)13(24,25)26)10(17,14(27,28)29)15(30,31)32/h1,3-4H2,2H3. The number of allylic oxidation sites excluding steroid dienone is 2. The molecule has 0 atom stereocenters. The molecule has 206 valence electrons. The van der Waals surface area contributed by atoms with Crippen LogP contribution in [-0.2, 0) is 14.3 Å². The summed E-state index contributed by atoms with van der Waals surface area (Å²) < 4.78 is 231. The Labute approximate surface area is 182 Å². The minimum atomic E-state index is -8.25. The van der Waals surface area contributed by atoms with Crippen molar-refractivity contribution in [3.8, 4) is 0 Å². The van der Waals surface area contributed by atoms with E-state index >= 15 is 0 Å². The molecule has 0 N–H and O–H groups in total. The van der Waals surface area contributed by atoms with Crippen LogP contribution in [0.2, 0.25) is 0 Å². The van der Waals surface area contributed by atoms with Gasteiger partial charge in [0.1, 0.15) is 13.2 Å². The van der Waals surface area contributed by atoms with E-state index in [1.807, 2.05) is 0 Å². The SMILES string of the molecule is C=C(C)C(=O)OCCOC(=C(C(F)(C(F)(F)F)C(F)(F)F)C(F)(C(F)(F)F)C(F)(F)F)C(F)(F)F. The van der Waals surface area contributed by atoms with Gasteiger partial charge >= 0.3 is 48.2 Å². The van der Waals surface area contributed by atoms with Gasteiger partial charge < -0.3 is 9.47 Å². The predicted molar refractivity (Wildman–Crippen MR) is 76.7 cm³/mol. The first kappa shape index (κ1) is 32.6. The van der Waals surface area contributed by atoms with E-state index < -0.39 is 78.3 Å². The number of carbonyl (C=O) groups excluding carboxylic acids is 1. The number of ether oxygens (including phenoxy) is 2. The van der Waals surface area contributed by atoms with Crippen molar-refractivity contribution < 1.29 is 88.9 Å².